The van der Waals surface area contributed by atoms with Crippen molar-refractivity contribution in [2.24, 2.45) is 0 Å². The average Bonchev–Trinajstić information content (AvgIpc) is 3.08. The molecule has 3 nitrogen and oxygen atoms in total. The summed E-state index contributed by atoms with van der Waals surface area (Å²) >= 11 is 1.68. The maximum atomic E-state index is 4.77. The summed E-state index contributed by atoms with van der Waals surface area (Å²) in [4.78, 5) is 13.8. The SMILES string of the molecule is CC(C)c1ccc2nc(CC(C)c3ccc4scnc4c3)ncc2c1. The molecule has 126 valence electrons. The Balaban J connectivity index is 1.59. The van der Waals surface area contributed by atoms with Crippen molar-refractivity contribution in [2.45, 2.75) is 39.0 Å². The van der Waals surface area contributed by atoms with Crippen molar-refractivity contribution in [3.8, 4) is 0 Å². The number of benzene rings is 2. The van der Waals surface area contributed by atoms with Crippen molar-refractivity contribution in [1.82, 2.24) is 15.0 Å². The Bertz CT molecular complexity index is 1040. The number of fused-ring (bicyclic) bond motifs is 2. The lowest BCUT2D eigenvalue weighted by Gasteiger charge is -2.12. The summed E-state index contributed by atoms with van der Waals surface area (Å²) in [7, 11) is 0. The molecular weight excluding hydrogens is 326 g/mol. The van der Waals surface area contributed by atoms with Gasteiger partial charge in [-0.15, -0.1) is 11.3 Å². The number of aromatic nitrogens is 3. The molecule has 0 amide bonds. The number of nitrogens with zero attached hydrogens (tertiary/aromatic N) is 3. The van der Waals surface area contributed by atoms with E-state index in [4.69, 9.17) is 4.98 Å². The van der Waals surface area contributed by atoms with Crippen LogP contribution in [0.4, 0.5) is 0 Å². The Morgan fingerprint density at radius 3 is 2.60 bits per heavy atom. The van der Waals surface area contributed by atoms with Crippen LogP contribution in [0.1, 0.15) is 49.6 Å². The summed E-state index contributed by atoms with van der Waals surface area (Å²) in [5.41, 5.74) is 6.62. The molecule has 0 aliphatic carbocycles. The Labute approximate surface area is 151 Å². The van der Waals surface area contributed by atoms with Gasteiger partial charge in [0.1, 0.15) is 5.82 Å². The molecular formula is C21H21N3S. The van der Waals surface area contributed by atoms with Crippen molar-refractivity contribution >= 4 is 32.5 Å². The third-order valence-corrected chi connectivity index (χ3v) is 5.54. The first-order valence-corrected chi connectivity index (χ1v) is 9.57. The zero-order valence-electron chi connectivity index (χ0n) is 14.7. The molecule has 0 saturated carbocycles. The van der Waals surface area contributed by atoms with E-state index in [1.54, 1.807) is 11.3 Å². The van der Waals surface area contributed by atoms with E-state index in [1.165, 1.54) is 15.8 Å². The van der Waals surface area contributed by atoms with Gasteiger partial charge in [-0.25, -0.2) is 15.0 Å². The highest BCUT2D eigenvalue weighted by Gasteiger charge is 2.11. The van der Waals surface area contributed by atoms with Crippen LogP contribution in [0.3, 0.4) is 0 Å². The summed E-state index contributed by atoms with van der Waals surface area (Å²) in [6.45, 7) is 6.64. The van der Waals surface area contributed by atoms with Gasteiger partial charge in [-0.05, 0) is 47.2 Å². The maximum Gasteiger partial charge on any atom is 0.129 e. The topological polar surface area (TPSA) is 38.7 Å². The summed E-state index contributed by atoms with van der Waals surface area (Å²) in [6, 6.07) is 13.0. The van der Waals surface area contributed by atoms with E-state index in [2.05, 4.69) is 67.1 Å². The van der Waals surface area contributed by atoms with Gasteiger partial charge in [0.2, 0.25) is 0 Å². The molecule has 1 atom stereocenters. The minimum Gasteiger partial charge on any atom is -0.245 e. The van der Waals surface area contributed by atoms with Crippen LogP contribution in [0.25, 0.3) is 21.1 Å². The molecule has 0 fully saturated rings. The second kappa shape index (κ2) is 6.52. The normalized spacial score (nSPS) is 13.0. The van der Waals surface area contributed by atoms with E-state index < -0.39 is 0 Å². The summed E-state index contributed by atoms with van der Waals surface area (Å²) in [5.74, 6) is 1.78. The van der Waals surface area contributed by atoms with Crippen LogP contribution >= 0.6 is 11.3 Å². The number of hydrogen-bond donors (Lipinski definition) is 0. The highest BCUT2D eigenvalue weighted by molar-refractivity contribution is 7.16. The van der Waals surface area contributed by atoms with Crippen molar-refractivity contribution in [1.29, 1.82) is 0 Å². The Morgan fingerprint density at radius 1 is 0.920 bits per heavy atom. The van der Waals surface area contributed by atoms with Crippen molar-refractivity contribution in [3.63, 3.8) is 0 Å². The summed E-state index contributed by atoms with van der Waals surface area (Å²) in [5, 5.41) is 1.12. The van der Waals surface area contributed by atoms with Gasteiger partial charge in [-0.1, -0.05) is 32.9 Å². The Hall–Kier alpha value is -2.33. The minimum absolute atomic E-state index is 0.360. The summed E-state index contributed by atoms with van der Waals surface area (Å²) in [6.07, 6.45) is 2.79. The molecule has 0 spiro atoms. The van der Waals surface area contributed by atoms with Crippen molar-refractivity contribution in [2.75, 3.05) is 0 Å². The molecule has 0 aliphatic rings. The van der Waals surface area contributed by atoms with Crippen LogP contribution in [-0.4, -0.2) is 15.0 Å². The highest BCUT2D eigenvalue weighted by Crippen LogP contribution is 2.26. The van der Waals surface area contributed by atoms with Gasteiger partial charge < -0.3 is 0 Å². The second-order valence-corrected chi connectivity index (χ2v) is 7.83. The fraction of sp³-hybridized carbons (Fsp3) is 0.286. The van der Waals surface area contributed by atoms with Crippen LogP contribution in [0.15, 0.2) is 48.1 Å². The van der Waals surface area contributed by atoms with E-state index >= 15 is 0 Å². The van der Waals surface area contributed by atoms with Crippen LogP contribution in [-0.2, 0) is 6.42 Å². The fourth-order valence-corrected chi connectivity index (χ4v) is 3.78. The van der Waals surface area contributed by atoms with Crippen molar-refractivity contribution in [3.05, 3.63) is 65.1 Å². The van der Waals surface area contributed by atoms with Crippen LogP contribution in [0, 0.1) is 0 Å². The van der Waals surface area contributed by atoms with Gasteiger partial charge in [0, 0.05) is 18.0 Å². The first-order valence-electron chi connectivity index (χ1n) is 8.69. The molecule has 1 unspecified atom stereocenters. The summed E-state index contributed by atoms with van der Waals surface area (Å²) < 4.78 is 1.24. The lowest BCUT2D eigenvalue weighted by atomic mass is 9.97. The zero-order chi connectivity index (χ0) is 17.4. The van der Waals surface area contributed by atoms with Crippen LogP contribution < -0.4 is 0 Å². The Kier molecular flexibility index (Phi) is 4.22. The molecule has 4 aromatic rings. The molecule has 4 heteroatoms. The molecule has 4 rings (SSSR count). The largest absolute Gasteiger partial charge is 0.245 e. The third kappa shape index (κ3) is 3.27. The lowest BCUT2D eigenvalue weighted by molar-refractivity contribution is 0.722. The molecule has 2 aromatic heterocycles. The molecule has 2 aromatic carbocycles. The van der Waals surface area contributed by atoms with Crippen molar-refractivity contribution < 1.29 is 0 Å². The molecule has 2 heterocycles. The predicted octanol–water partition coefficient (Wildman–Crippen LogP) is 5.71. The molecule has 0 aliphatic heterocycles. The quantitative estimate of drug-likeness (QED) is 0.474. The zero-order valence-corrected chi connectivity index (χ0v) is 15.5. The first-order chi connectivity index (χ1) is 12.1. The third-order valence-electron chi connectivity index (χ3n) is 4.73. The second-order valence-electron chi connectivity index (χ2n) is 6.94. The molecule has 0 bridgehead atoms. The average molecular weight is 347 g/mol. The molecule has 25 heavy (non-hydrogen) atoms. The molecule has 0 radical (unpaired) electrons. The van der Waals surface area contributed by atoms with E-state index in [-0.39, 0.29) is 0 Å². The molecule has 0 saturated heterocycles. The first kappa shape index (κ1) is 16.2. The van der Waals surface area contributed by atoms with Gasteiger partial charge in [0.05, 0.1) is 21.2 Å². The van der Waals surface area contributed by atoms with E-state index in [0.717, 1.165) is 28.7 Å². The van der Waals surface area contributed by atoms with Gasteiger partial charge in [0.15, 0.2) is 0 Å². The molecule has 0 N–H and O–H groups in total. The minimum atomic E-state index is 0.360. The monoisotopic (exact) mass is 347 g/mol. The van der Waals surface area contributed by atoms with Crippen LogP contribution in [0.2, 0.25) is 0 Å². The van der Waals surface area contributed by atoms with E-state index in [0.29, 0.717) is 11.8 Å². The van der Waals surface area contributed by atoms with E-state index in [1.807, 2.05) is 11.7 Å². The standard InChI is InChI=1S/C21H21N3S/c1-13(2)15-4-6-18-17(9-15)11-22-21(24-18)8-14(3)16-5-7-20-19(10-16)23-12-25-20/h4-7,9-14H,8H2,1-3H3. The van der Waals surface area contributed by atoms with Gasteiger partial charge in [-0.2, -0.15) is 0 Å². The maximum absolute atomic E-state index is 4.77. The number of thiazole rings is 1. The van der Waals surface area contributed by atoms with E-state index in [9.17, 15) is 0 Å². The van der Waals surface area contributed by atoms with Gasteiger partial charge in [0.25, 0.3) is 0 Å². The highest BCUT2D eigenvalue weighted by atomic mass is 32.1. The number of rotatable bonds is 4. The van der Waals surface area contributed by atoms with Gasteiger partial charge >= 0.3 is 0 Å². The smallest absolute Gasteiger partial charge is 0.129 e. The lowest BCUT2D eigenvalue weighted by Crippen LogP contribution is -2.03. The predicted molar refractivity (Wildman–Crippen MR) is 105 cm³/mol. The fourth-order valence-electron chi connectivity index (χ4n) is 3.12. The Morgan fingerprint density at radius 2 is 1.76 bits per heavy atom. The number of hydrogen-bond acceptors (Lipinski definition) is 4. The van der Waals surface area contributed by atoms with Gasteiger partial charge in [-0.3, -0.25) is 0 Å². The van der Waals surface area contributed by atoms with Crippen LogP contribution in [0.5, 0.6) is 0 Å².